The average molecular weight is 368 g/mol. The molecular weight excluding hydrogens is 344 g/mol. The van der Waals surface area contributed by atoms with E-state index in [2.05, 4.69) is 10.2 Å². The lowest BCUT2D eigenvalue weighted by Crippen LogP contribution is -2.50. The first-order valence-electron chi connectivity index (χ1n) is 8.64. The van der Waals surface area contributed by atoms with Crippen molar-refractivity contribution in [3.05, 3.63) is 34.4 Å². The molecule has 0 aromatic heterocycles. The van der Waals surface area contributed by atoms with E-state index in [4.69, 9.17) is 0 Å². The summed E-state index contributed by atoms with van der Waals surface area (Å²) in [6.45, 7) is 5.56. The Balaban J connectivity index is 1.58. The van der Waals surface area contributed by atoms with Crippen LogP contribution in [0.3, 0.4) is 0 Å². The Morgan fingerprint density at radius 2 is 1.68 bits per heavy atom. The molecule has 0 bridgehead atoms. The summed E-state index contributed by atoms with van der Waals surface area (Å²) in [5.41, 5.74) is -0.106. The lowest BCUT2D eigenvalue weighted by atomic mass is 9.97. The molecule has 2 heterocycles. The van der Waals surface area contributed by atoms with Gasteiger partial charge in [0.1, 0.15) is 0 Å². The number of piperazine rings is 1. The molecule has 2 aliphatic rings. The van der Waals surface area contributed by atoms with Gasteiger partial charge in [0.2, 0.25) is 10.0 Å². The summed E-state index contributed by atoms with van der Waals surface area (Å²) in [6.07, 6.45) is 2.36. The molecule has 0 saturated carbocycles. The van der Waals surface area contributed by atoms with Crippen molar-refractivity contribution in [2.75, 3.05) is 45.8 Å². The molecule has 2 saturated heterocycles. The third-order valence-electron chi connectivity index (χ3n) is 4.99. The third-order valence-corrected chi connectivity index (χ3v) is 6.90. The molecule has 2 aliphatic heterocycles. The van der Waals surface area contributed by atoms with E-state index in [0.717, 1.165) is 32.7 Å². The van der Waals surface area contributed by atoms with Crippen molar-refractivity contribution in [1.82, 2.24) is 14.5 Å². The third kappa shape index (κ3) is 4.35. The number of piperidine rings is 1. The Morgan fingerprint density at radius 3 is 2.24 bits per heavy atom. The monoisotopic (exact) mass is 368 g/mol. The maximum absolute atomic E-state index is 12.7. The van der Waals surface area contributed by atoms with Crippen LogP contribution >= 0.6 is 0 Å². The molecule has 25 heavy (non-hydrogen) atoms. The number of benzene rings is 1. The number of rotatable bonds is 5. The molecule has 8 nitrogen and oxygen atoms in total. The molecule has 138 valence electrons. The van der Waals surface area contributed by atoms with Crippen molar-refractivity contribution in [3.8, 4) is 0 Å². The molecule has 9 heteroatoms. The summed E-state index contributed by atoms with van der Waals surface area (Å²) in [5.74, 6) is 0.694. The summed E-state index contributed by atoms with van der Waals surface area (Å²) < 4.78 is 26.9. The molecule has 1 aromatic carbocycles. The standard InChI is InChI=1S/C16H24N4O4S/c21-20(22)15-1-3-16(4-2-15)25(23,24)19-11-9-18(10-12-19)13-14-5-7-17-8-6-14/h1-4,14,17H,5-13H2. The van der Waals surface area contributed by atoms with Gasteiger partial charge in [-0.15, -0.1) is 0 Å². The molecule has 1 N–H and O–H groups in total. The van der Waals surface area contributed by atoms with E-state index in [0.29, 0.717) is 19.0 Å². The van der Waals surface area contributed by atoms with E-state index in [1.54, 1.807) is 0 Å². The lowest BCUT2D eigenvalue weighted by Gasteiger charge is -2.36. The van der Waals surface area contributed by atoms with E-state index >= 15 is 0 Å². The van der Waals surface area contributed by atoms with Crippen LogP contribution in [0.2, 0.25) is 0 Å². The predicted octanol–water partition coefficient (Wildman–Crippen LogP) is 0.901. The summed E-state index contributed by atoms with van der Waals surface area (Å²) in [5, 5.41) is 14.1. The van der Waals surface area contributed by atoms with Gasteiger partial charge in [-0.25, -0.2) is 8.42 Å². The van der Waals surface area contributed by atoms with Gasteiger partial charge in [0, 0.05) is 44.9 Å². The first-order chi connectivity index (χ1) is 12.0. The highest BCUT2D eigenvalue weighted by atomic mass is 32.2. The van der Waals surface area contributed by atoms with E-state index in [1.165, 1.54) is 41.4 Å². The van der Waals surface area contributed by atoms with Crippen LogP contribution in [0.1, 0.15) is 12.8 Å². The lowest BCUT2D eigenvalue weighted by molar-refractivity contribution is -0.384. The molecular formula is C16H24N4O4S. The van der Waals surface area contributed by atoms with Crippen LogP contribution in [-0.4, -0.2) is 68.4 Å². The fourth-order valence-electron chi connectivity index (χ4n) is 3.47. The highest BCUT2D eigenvalue weighted by molar-refractivity contribution is 7.89. The van der Waals surface area contributed by atoms with Gasteiger partial charge in [0.15, 0.2) is 0 Å². The molecule has 0 unspecified atom stereocenters. The number of nitrogens with zero attached hydrogens (tertiary/aromatic N) is 3. The van der Waals surface area contributed by atoms with Gasteiger partial charge < -0.3 is 10.2 Å². The van der Waals surface area contributed by atoms with Gasteiger partial charge in [0.25, 0.3) is 5.69 Å². The maximum atomic E-state index is 12.7. The molecule has 0 amide bonds. The van der Waals surface area contributed by atoms with Crippen molar-refractivity contribution in [2.24, 2.45) is 5.92 Å². The van der Waals surface area contributed by atoms with Crippen LogP contribution in [0, 0.1) is 16.0 Å². The SMILES string of the molecule is O=[N+]([O-])c1ccc(S(=O)(=O)N2CCN(CC3CCNCC3)CC2)cc1. The fraction of sp³-hybridized carbons (Fsp3) is 0.625. The average Bonchev–Trinajstić information content (AvgIpc) is 2.63. The summed E-state index contributed by atoms with van der Waals surface area (Å²) in [6, 6.07) is 5.10. The van der Waals surface area contributed by atoms with Gasteiger partial charge in [0.05, 0.1) is 9.82 Å². The molecule has 3 rings (SSSR count). The Labute approximate surface area is 148 Å². The maximum Gasteiger partial charge on any atom is 0.269 e. The van der Waals surface area contributed by atoms with E-state index in [9.17, 15) is 18.5 Å². The van der Waals surface area contributed by atoms with Crippen molar-refractivity contribution in [3.63, 3.8) is 0 Å². The van der Waals surface area contributed by atoms with E-state index in [-0.39, 0.29) is 10.6 Å². The normalized spacial score (nSPS) is 21.3. The van der Waals surface area contributed by atoms with Crippen molar-refractivity contribution >= 4 is 15.7 Å². The predicted molar refractivity (Wildman–Crippen MR) is 93.9 cm³/mol. The zero-order chi connectivity index (χ0) is 17.9. The molecule has 0 aliphatic carbocycles. The number of nitrogens with one attached hydrogen (secondary N) is 1. The van der Waals surface area contributed by atoms with E-state index < -0.39 is 14.9 Å². The van der Waals surface area contributed by atoms with Crippen molar-refractivity contribution in [2.45, 2.75) is 17.7 Å². The molecule has 0 atom stereocenters. The van der Waals surface area contributed by atoms with Gasteiger partial charge in [-0.3, -0.25) is 10.1 Å². The summed E-state index contributed by atoms with van der Waals surface area (Å²) in [4.78, 5) is 12.6. The molecule has 1 aromatic rings. The Morgan fingerprint density at radius 1 is 1.08 bits per heavy atom. The second kappa shape index (κ2) is 7.77. The highest BCUT2D eigenvalue weighted by Crippen LogP contribution is 2.21. The van der Waals surface area contributed by atoms with Crippen LogP contribution in [0.4, 0.5) is 5.69 Å². The second-order valence-electron chi connectivity index (χ2n) is 6.65. The van der Waals surface area contributed by atoms with Crippen LogP contribution in [0.25, 0.3) is 0 Å². The Bertz CT molecular complexity index is 693. The second-order valence-corrected chi connectivity index (χ2v) is 8.59. The minimum atomic E-state index is -3.59. The zero-order valence-electron chi connectivity index (χ0n) is 14.1. The highest BCUT2D eigenvalue weighted by Gasteiger charge is 2.29. The number of sulfonamides is 1. The smallest absolute Gasteiger partial charge is 0.269 e. The first kappa shape index (κ1) is 18.2. The molecule has 0 spiro atoms. The Hall–Kier alpha value is -1.55. The van der Waals surface area contributed by atoms with Gasteiger partial charge in [-0.1, -0.05) is 0 Å². The van der Waals surface area contributed by atoms with E-state index in [1.807, 2.05) is 0 Å². The number of hydrogen-bond donors (Lipinski definition) is 1. The number of non-ortho nitro benzene ring substituents is 1. The number of nitro benzene ring substituents is 1. The van der Waals surface area contributed by atoms with Crippen LogP contribution in [0.5, 0.6) is 0 Å². The Kier molecular flexibility index (Phi) is 5.67. The zero-order valence-corrected chi connectivity index (χ0v) is 15.0. The molecule has 2 fully saturated rings. The van der Waals surface area contributed by atoms with Crippen molar-refractivity contribution < 1.29 is 13.3 Å². The quantitative estimate of drug-likeness (QED) is 0.613. The first-order valence-corrected chi connectivity index (χ1v) is 10.1. The summed E-state index contributed by atoms with van der Waals surface area (Å²) >= 11 is 0. The van der Waals surface area contributed by atoms with Gasteiger partial charge in [-0.05, 0) is 44.0 Å². The van der Waals surface area contributed by atoms with Crippen LogP contribution < -0.4 is 5.32 Å². The van der Waals surface area contributed by atoms with Crippen LogP contribution in [-0.2, 0) is 10.0 Å². The van der Waals surface area contributed by atoms with Gasteiger partial charge in [-0.2, -0.15) is 4.31 Å². The van der Waals surface area contributed by atoms with Crippen molar-refractivity contribution in [1.29, 1.82) is 0 Å². The fourth-order valence-corrected chi connectivity index (χ4v) is 4.89. The minimum Gasteiger partial charge on any atom is -0.317 e. The number of hydrogen-bond acceptors (Lipinski definition) is 6. The topological polar surface area (TPSA) is 95.8 Å². The molecule has 0 radical (unpaired) electrons. The van der Waals surface area contributed by atoms with Gasteiger partial charge >= 0.3 is 0 Å². The largest absolute Gasteiger partial charge is 0.317 e. The van der Waals surface area contributed by atoms with Crippen LogP contribution in [0.15, 0.2) is 29.2 Å². The number of nitro groups is 1. The minimum absolute atomic E-state index is 0.106. The summed E-state index contributed by atoms with van der Waals surface area (Å²) in [7, 11) is -3.59.